The zero-order valence-corrected chi connectivity index (χ0v) is 17.3. The van der Waals surface area contributed by atoms with E-state index in [4.69, 9.17) is 24.7 Å². The van der Waals surface area contributed by atoms with Crippen molar-refractivity contribution in [3.63, 3.8) is 0 Å². The fourth-order valence-electron chi connectivity index (χ4n) is 3.62. The number of rotatable bonds is 6. The Hall–Kier alpha value is -3.51. The Morgan fingerprint density at radius 1 is 1.34 bits per heavy atom. The third kappa shape index (κ3) is 3.89. The van der Waals surface area contributed by atoms with E-state index >= 15 is 4.39 Å². The van der Waals surface area contributed by atoms with Crippen molar-refractivity contribution in [1.82, 2.24) is 19.5 Å². The standard InChI is InChI=1S/C20H22FN5O6/c1-20(21)14(32-19(28)30-9-11-6-4-3-5-7-11)12(8-27)31-17(20)26-10-23-13-15(26)24-18(22)25-16(13)29-2/h3-7,10,12,14,17,27H,8-9H2,1-2H3,(H2,22,24,25)/t12-,14+,17+,20+/m0/s1. The lowest BCUT2D eigenvalue weighted by Gasteiger charge is -2.27. The van der Waals surface area contributed by atoms with Crippen LogP contribution in [0.2, 0.25) is 0 Å². The highest BCUT2D eigenvalue weighted by Gasteiger charge is 2.58. The van der Waals surface area contributed by atoms with E-state index in [1.807, 2.05) is 6.07 Å². The molecule has 12 heteroatoms. The molecule has 0 aliphatic carbocycles. The van der Waals surface area contributed by atoms with Crippen LogP contribution in [0.4, 0.5) is 15.1 Å². The molecule has 3 N–H and O–H groups in total. The van der Waals surface area contributed by atoms with Gasteiger partial charge in [-0.3, -0.25) is 4.57 Å². The van der Waals surface area contributed by atoms with Crippen LogP contribution >= 0.6 is 0 Å². The minimum Gasteiger partial charge on any atom is -0.479 e. The number of hydrogen-bond acceptors (Lipinski definition) is 10. The number of benzene rings is 1. The number of alkyl halides is 1. The fraction of sp³-hybridized carbons (Fsp3) is 0.400. The summed E-state index contributed by atoms with van der Waals surface area (Å²) in [6.45, 7) is 0.543. The first-order valence-corrected chi connectivity index (χ1v) is 9.71. The molecule has 1 aromatic carbocycles. The molecule has 1 aliphatic heterocycles. The molecular weight excluding hydrogens is 425 g/mol. The topological polar surface area (TPSA) is 144 Å². The number of imidazole rings is 1. The number of carbonyl (C=O) groups is 1. The van der Waals surface area contributed by atoms with Crippen molar-refractivity contribution in [3.05, 3.63) is 42.2 Å². The number of aliphatic hydroxyl groups excluding tert-OH is 1. The van der Waals surface area contributed by atoms with Crippen LogP contribution in [0.5, 0.6) is 5.88 Å². The van der Waals surface area contributed by atoms with Crippen LogP contribution in [0.3, 0.4) is 0 Å². The molecule has 0 bridgehead atoms. The number of aromatic nitrogens is 4. The second kappa shape index (κ2) is 8.55. The van der Waals surface area contributed by atoms with Crippen molar-refractivity contribution in [2.75, 3.05) is 19.5 Å². The van der Waals surface area contributed by atoms with Gasteiger partial charge in [0, 0.05) is 0 Å². The van der Waals surface area contributed by atoms with Crippen LogP contribution < -0.4 is 10.5 Å². The maximum absolute atomic E-state index is 16.0. The van der Waals surface area contributed by atoms with Gasteiger partial charge in [0.05, 0.1) is 20.0 Å². The molecule has 2 aromatic heterocycles. The summed E-state index contributed by atoms with van der Waals surface area (Å²) in [6.07, 6.45) is -3.75. The molecule has 0 saturated carbocycles. The summed E-state index contributed by atoms with van der Waals surface area (Å²) in [5.74, 6) is 0.00598. The first-order chi connectivity index (χ1) is 15.3. The molecule has 4 atom stereocenters. The van der Waals surface area contributed by atoms with Gasteiger partial charge in [0.15, 0.2) is 29.2 Å². The van der Waals surface area contributed by atoms with Crippen LogP contribution in [0.1, 0.15) is 18.7 Å². The predicted octanol–water partition coefficient (Wildman–Crippen LogP) is 1.76. The number of ether oxygens (including phenoxy) is 4. The molecule has 4 rings (SSSR count). The minimum absolute atomic E-state index is 0.0500. The van der Waals surface area contributed by atoms with Gasteiger partial charge in [-0.2, -0.15) is 9.97 Å². The summed E-state index contributed by atoms with van der Waals surface area (Å²) in [5.41, 5.74) is 4.58. The van der Waals surface area contributed by atoms with Gasteiger partial charge in [0.2, 0.25) is 11.8 Å². The van der Waals surface area contributed by atoms with E-state index in [-0.39, 0.29) is 29.6 Å². The molecule has 1 aliphatic rings. The lowest BCUT2D eigenvalue weighted by atomic mass is 9.98. The van der Waals surface area contributed by atoms with E-state index in [0.29, 0.717) is 0 Å². The normalized spacial score (nSPS) is 25.1. The Balaban J connectivity index is 1.57. The highest BCUT2D eigenvalue weighted by molar-refractivity contribution is 5.77. The maximum Gasteiger partial charge on any atom is 0.509 e. The molecule has 1 saturated heterocycles. The highest BCUT2D eigenvalue weighted by atomic mass is 19.1. The van der Waals surface area contributed by atoms with E-state index in [1.54, 1.807) is 24.3 Å². The van der Waals surface area contributed by atoms with Gasteiger partial charge in [-0.15, -0.1) is 0 Å². The third-order valence-corrected chi connectivity index (χ3v) is 5.14. The van der Waals surface area contributed by atoms with Crippen molar-refractivity contribution < 1.29 is 33.2 Å². The van der Waals surface area contributed by atoms with Gasteiger partial charge in [-0.25, -0.2) is 14.2 Å². The summed E-state index contributed by atoms with van der Waals surface area (Å²) in [6, 6.07) is 8.95. The molecule has 32 heavy (non-hydrogen) atoms. The number of fused-ring (bicyclic) bond motifs is 1. The van der Waals surface area contributed by atoms with Crippen LogP contribution in [-0.2, 0) is 20.8 Å². The third-order valence-electron chi connectivity index (χ3n) is 5.14. The number of methoxy groups -OCH3 is 1. The number of hydrogen-bond donors (Lipinski definition) is 2. The minimum atomic E-state index is -2.28. The van der Waals surface area contributed by atoms with Crippen molar-refractivity contribution in [1.29, 1.82) is 0 Å². The zero-order chi connectivity index (χ0) is 22.9. The lowest BCUT2D eigenvalue weighted by molar-refractivity contribution is -0.0575. The number of nitrogen functional groups attached to an aromatic ring is 1. The molecule has 11 nitrogen and oxygen atoms in total. The largest absolute Gasteiger partial charge is 0.509 e. The first kappa shape index (κ1) is 21.7. The number of nitrogens with two attached hydrogens (primary N) is 1. The first-order valence-electron chi connectivity index (χ1n) is 9.71. The smallest absolute Gasteiger partial charge is 0.479 e. The fourth-order valence-corrected chi connectivity index (χ4v) is 3.62. The Morgan fingerprint density at radius 2 is 2.09 bits per heavy atom. The van der Waals surface area contributed by atoms with Gasteiger partial charge in [-0.05, 0) is 12.5 Å². The van der Waals surface area contributed by atoms with E-state index in [9.17, 15) is 9.90 Å². The summed E-state index contributed by atoms with van der Waals surface area (Å²) in [7, 11) is 1.39. The second-order valence-electron chi connectivity index (χ2n) is 7.34. The molecule has 1 fully saturated rings. The van der Waals surface area contributed by atoms with Crippen molar-refractivity contribution in [3.8, 4) is 5.88 Å². The molecular formula is C20H22FN5O6. The van der Waals surface area contributed by atoms with Gasteiger partial charge in [-0.1, -0.05) is 30.3 Å². The van der Waals surface area contributed by atoms with Crippen molar-refractivity contribution in [2.24, 2.45) is 0 Å². The van der Waals surface area contributed by atoms with E-state index in [2.05, 4.69) is 15.0 Å². The average Bonchev–Trinajstić information content (AvgIpc) is 3.30. The Bertz CT molecular complexity index is 1110. The highest BCUT2D eigenvalue weighted by Crippen LogP contribution is 2.44. The average molecular weight is 447 g/mol. The van der Waals surface area contributed by atoms with Gasteiger partial charge >= 0.3 is 6.16 Å². The number of carbonyl (C=O) groups excluding carboxylic acids is 1. The van der Waals surface area contributed by atoms with Crippen molar-refractivity contribution in [2.45, 2.75) is 37.6 Å². The van der Waals surface area contributed by atoms with E-state index in [1.165, 1.54) is 24.9 Å². The van der Waals surface area contributed by atoms with Crippen LogP contribution in [-0.4, -0.2) is 62.4 Å². The molecule has 0 spiro atoms. The maximum atomic E-state index is 16.0. The van der Waals surface area contributed by atoms with Gasteiger partial charge < -0.3 is 29.8 Å². The Labute approximate surface area is 181 Å². The zero-order valence-electron chi connectivity index (χ0n) is 17.3. The molecule has 3 aromatic rings. The van der Waals surface area contributed by atoms with Gasteiger partial charge in [0.1, 0.15) is 12.7 Å². The number of halogens is 1. The number of nitrogens with zero attached hydrogens (tertiary/aromatic N) is 4. The molecule has 3 heterocycles. The summed E-state index contributed by atoms with van der Waals surface area (Å²) >= 11 is 0. The van der Waals surface area contributed by atoms with Crippen LogP contribution in [0.25, 0.3) is 11.2 Å². The summed E-state index contributed by atoms with van der Waals surface area (Å²) in [5, 5.41) is 9.73. The second-order valence-corrected chi connectivity index (χ2v) is 7.34. The molecule has 0 radical (unpaired) electrons. The Morgan fingerprint density at radius 3 is 2.78 bits per heavy atom. The Kier molecular flexibility index (Phi) is 5.80. The summed E-state index contributed by atoms with van der Waals surface area (Å²) < 4.78 is 38.4. The van der Waals surface area contributed by atoms with E-state index in [0.717, 1.165) is 5.56 Å². The predicted molar refractivity (Wildman–Crippen MR) is 108 cm³/mol. The number of aliphatic hydroxyl groups is 1. The SMILES string of the molecule is COc1nc(N)nc2c1ncn2[C@@H]1O[C@@H](CO)[C@@H](OC(=O)OCc2ccccc2)[C@@]1(C)F. The van der Waals surface area contributed by atoms with Crippen LogP contribution in [0.15, 0.2) is 36.7 Å². The van der Waals surface area contributed by atoms with Gasteiger partial charge in [0.25, 0.3) is 0 Å². The monoisotopic (exact) mass is 447 g/mol. The van der Waals surface area contributed by atoms with Crippen LogP contribution in [0, 0.1) is 0 Å². The lowest BCUT2D eigenvalue weighted by Crippen LogP contribution is -2.44. The molecule has 170 valence electrons. The molecule has 0 unspecified atom stereocenters. The quantitative estimate of drug-likeness (QED) is 0.536. The number of anilines is 1. The van der Waals surface area contributed by atoms with Crippen molar-refractivity contribution >= 4 is 23.3 Å². The summed E-state index contributed by atoms with van der Waals surface area (Å²) in [4.78, 5) is 24.4. The molecule has 0 amide bonds. The van der Waals surface area contributed by atoms with E-state index < -0.39 is 36.9 Å².